The fourth-order valence-corrected chi connectivity index (χ4v) is 2.82. The minimum atomic E-state index is -0.645. The number of nitro benzene ring substituents is 1. The highest BCUT2D eigenvalue weighted by molar-refractivity contribution is 6.31. The molecule has 1 aliphatic carbocycles. The summed E-state index contributed by atoms with van der Waals surface area (Å²) >= 11 is 5.70. The van der Waals surface area contributed by atoms with Crippen molar-refractivity contribution < 1.29 is 14.8 Å². The van der Waals surface area contributed by atoms with Gasteiger partial charge in [0.05, 0.1) is 11.0 Å². The number of hydrogen-bond acceptors (Lipinski definition) is 4. The molecule has 0 heterocycles. The molecule has 0 aromatic heterocycles. The third-order valence-electron chi connectivity index (χ3n) is 3.82. The monoisotopic (exact) mass is 312 g/mol. The Morgan fingerprint density at radius 3 is 2.76 bits per heavy atom. The van der Waals surface area contributed by atoms with Crippen molar-refractivity contribution in [1.29, 1.82) is 0 Å². The molecule has 6 nitrogen and oxygen atoms in total. The minimum absolute atomic E-state index is 0.0528. The average molecular weight is 313 g/mol. The van der Waals surface area contributed by atoms with Crippen molar-refractivity contribution in [2.24, 2.45) is 5.92 Å². The van der Waals surface area contributed by atoms with E-state index in [1.807, 2.05) is 0 Å². The molecule has 1 amide bonds. The van der Waals surface area contributed by atoms with E-state index in [4.69, 9.17) is 11.6 Å². The Balaban J connectivity index is 2.01. The Labute approximate surface area is 127 Å². The van der Waals surface area contributed by atoms with Crippen LogP contribution >= 0.6 is 11.6 Å². The molecule has 1 unspecified atom stereocenters. The summed E-state index contributed by atoms with van der Waals surface area (Å²) in [5.41, 5.74) is -0.390. The number of carbonyl (C=O) groups is 1. The van der Waals surface area contributed by atoms with E-state index in [2.05, 4.69) is 5.32 Å². The molecule has 0 radical (unpaired) electrons. The zero-order chi connectivity index (χ0) is 15.4. The fraction of sp³-hybridized carbons (Fsp3) is 0.500. The molecule has 1 aromatic carbocycles. The van der Waals surface area contributed by atoms with Crippen LogP contribution in [-0.4, -0.2) is 28.6 Å². The van der Waals surface area contributed by atoms with Crippen molar-refractivity contribution in [3.05, 3.63) is 38.9 Å². The first-order valence-corrected chi connectivity index (χ1v) is 7.27. The molecular formula is C14H17ClN2O4. The summed E-state index contributed by atoms with van der Waals surface area (Å²) in [4.78, 5) is 22.3. The van der Waals surface area contributed by atoms with Crippen LogP contribution < -0.4 is 5.32 Å². The zero-order valence-corrected chi connectivity index (χ0v) is 12.2. The molecule has 0 spiro atoms. The molecule has 0 saturated heterocycles. The Morgan fingerprint density at radius 2 is 2.14 bits per heavy atom. The number of nitro groups is 1. The Bertz CT molecular complexity index is 544. The second-order valence-electron chi connectivity index (χ2n) is 5.24. The first-order valence-electron chi connectivity index (χ1n) is 6.89. The molecule has 1 aliphatic rings. The predicted molar refractivity (Wildman–Crippen MR) is 78.4 cm³/mol. The van der Waals surface area contributed by atoms with Gasteiger partial charge in [-0.05, 0) is 30.9 Å². The Kier molecular flexibility index (Phi) is 5.14. The number of aliphatic hydroxyl groups is 1. The normalized spacial score (nSPS) is 16.7. The molecule has 0 aliphatic heterocycles. The van der Waals surface area contributed by atoms with Crippen LogP contribution in [0.4, 0.5) is 5.69 Å². The van der Waals surface area contributed by atoms with Crippen LogP contribution in [0.2, 0.25) is 5.02 Å². The van der Waals surface area contributed by atoms with Crippen molar-refractivity contribution in [3.63, 3.8) is 0 Å². The number of rotatable bonds is 5. The molecule has 1 aromatic rings. The highest BCUT2D eigenvalue weighted by atomic mass is 35.5. The number of halogens is 1. The van der Waals surface area contributed by atoms with Gasteiger partial charge in [-0.15, -0.1) is 0 Å². The summed E-state index contributed by atoms with van der Waals surface area (Å²) in [6.45, 7) is 0.100. The van der Waals surface area contributed by atoms with Gasteiger partial charge >= 0.3 is 0 Å². The Hall–Kier alpha value is -1.66. The average Bonchev–Trinajstić information content (AvgIpc) is 2.98. The standard InChI is InChI=1S/C14H17ClN2O4/c15-10-5-6-11(12(7-10)17(20)21)14(19)16-8-13(18)9-3-1-2-4-9/h5-7,9,13,18H,1-4,8H2,(H,16,19). The number of hydrogen-bond donors (Lipinski definition) is 2. The maximum Gasteiger partial charge on any atom is 0.283 e. The number of aliphatic hydroxyl groups excluding tert-OH is 1. The summed E-state index contributed by atoms with van der Waals surface area (Å²) in [6, 6.07) is 3.89. The number of nitrogens with one attached hydrogen (secondary N) is 1. The van der Waals surface area contributed by atoms with Crippen molar-refractivity contribution in [1.82, 2.24) is 5.32 Å². The summed E-state index contributed by atoms with van der Waals surface area (Å²) < 4.78 is 0. The Morgan fingerprint density at radius 1 is 1.48 bits per heavy atom. The van der Waals surface area contributed by atoms with Crippen LogP contribution in [0.3, 0.4) is 0 Å². The fourth-order valence-electron chi connectivity index (χ4n) is 2.65. The summed E-state index contributed by atoms with van der Waals surface area (Å²) in [5, 5.41) is 23.7. The minimum Gasteiger partial charge on any atom is -0.391 e. The summed E-state index contributed by atoms with van der Waals surface area (Å²) in [5.74, 6) is -0.374. The van der Waals surface area contributed by atoms with E-state index in [1.165, 1.54) is 12.1 Å². The maximum atomic E-state index is 12.0. The quantitative estimate of drug-likeness (QED) is 0.645. The molecule has 2 rings (SSSR count). The lowest BCUT2D eigenvalue weighted by atomic mass is 10.0. The number of amides is 1. The van der Waals surface area contributed by atoms with E-state index in [1.54, 1.807) is 0 Å². The molecule has 7 heteroatoms. The van der Waals surface area contributed by atoms with Crippen LogP contribution in [0.5, 0.6) is 0 Å². The molecule has 1 atom stereocenters. The van der Waals surface area contributed by atoms with E-state index in [-0.39, 0.29) is 28.7 Å². The number of nitrogens with zero attached hydrogens (tertiary/aromatic N) is 1. The molecule has 2 N–H and O–H groups in total. The maximum absolute atomic E-state index is 12.0. The molecule has 1 fully saturated rings. The molecule has 21 heavy (non-hydrogen) atoms. The van der Waals surface area contributed by atoms with Crippen molar-refractivity contribution in [3.8, 4) is 0 Å². The van der Waals surface area contributed by atoms with Gasteiger partial charge in [-0.2, -0.15) is 0 Å². The van der Waals surface area contributed by atoms with E-state index < -0.39 is 16.9 Å². The summed E-state index contributed by atoms with van der Waals surface area (Å²) in [7, 11) is 0. The first-order chi connectivity index (χ1) is 9.99. The third-order valence-corrected chi connectivity index (χ3v) is 4.05. The third kappa shape index (κ3) is 3.92. The smallest absolute Gasteiger partial charge is 0.283 e. The lowest BCUT2D eigenvalue weighted by molar-refractivity contribution is -0.385. The van der Waals surface area contributed by atoms with Crippen LogP contribution in [0, 0.1) is 16.0 Å². The molecule has 1 saturated carbocycles. The van der Waals surface area contributed by atoms with Crippen LogP contribution in [0.25, 0.3) is 0 Å². The molecular weight excluding hydrogens is 296 g/mol. The summed E-state index contributed by atoms with van der Waals surface area (Å²) in [6.07, 6.45) is 3.50. The van der Waals surface area contributed by atoms with E-state index in [0.29, 0.717) is 0 Å². The lowest BCUT2D eigenvalue weighted by Crippen LogP contribution is -2.35. The van der Waals surface area contributed by atoms with E-state index in [0.717, 1.165) is 31.7 Å². The second kappa shape index (κ2) is 6.87. The predicted octanol–water partition coefficient (Wildman–Crippen LogP) is 2.53. The van der Waals surface area contributed by atoms with Gasteiger partial charge in [-0.25, -0.2) is 0 Å². The number of benzene rings is 1. The first kappa shape index (κ1) is 15.7. The SMILES string of the molecule is O=C(NCC(O)C1CCCC1)c1ccc(Cl)cc1[N+](=O)[O-]. The van der Waals surface area contributed by atoms with Crippen LogP contribution in [0.15, 0.2) is 18.2 Å². The molecule has 114 valence electrons. The van der Waals surface area contributed by atoms with Crippen LogP contribution in [0.1, 0.15) is 36.0 Å². The van der Waals surface area contributed by atoms with Gasteiger partial charge in [-0.3, -0.25) is 14.9 Å². The lowest BCUT2D eigenvalue weighted by Gasteiger charge is -2.18. The van der Waals surface area contributed by atoms with Gasteiger partial charge in [0, 0.05) is 17.6 Å². The molecule has 0 bridgehead atoms. The van der Waals surface area contributed by atoms with Crippen molar-refractivity contribution >= 4 is 23.2 Å². The van der Waals surface area contributed by atoms with Gasteiger partial charge in [0.1, 0.15) is 5.56 Å². The number of carbonyl (C=O) groups excluding carboxylic acids is 1. The highest BCUT2D eigenvalue weighted by Gasteiger charge is 2.25. The largest absolute Gasteiger partial charge is 0.391 e. The second-order valence-corrected chi connectivity index (χ2v) is 5.68. The van der Waals surface area contributed by atoms with Gasteiger partial charge in [0.25, 0.3) is 11.6 Å². The van der Waals surface area contributed by atoms with Crippen LogP contribution in [-0.2, 0) is 0 Å². The van der Waals surface area contributed by atoms with Crippen molar-refractivity contribution in [2.45, 2.75) is 31.8 Å². The highest BCUT2D eigenvalue weighted by Crippen LogP contribution is 2.27. The van der Waals surface area contributed by atoms with Gasteiger partial charge in [0.15, 0.2) is 0 Å². The zero-order valence-electron chi connectivity index (χ0n) is 11.4. The van der Waals surface area contributed by atoms with Crippen molar-refractivity contribution in [2.75, 3.05) is 6.54 Å². The van der Waals surface area contributed by atoms with Gasteiger partial charge in [-0.1, -0.05) is 24.4 Å². The van der Waals surface area contributed by atoms with Gasteiger partial charge < -0.3 is 10.4 Å². The topological polar surface area (TPSA) is 92.5 Å². The van der Waals surface area contributed by atoms with E-state index in [9.17, 15) is 20.0 Å². The van der Waals surface area contributed by atoms with E-state index >= 15 is 0 Å². The van der Waals surface area contributed by atoms with Gasteiger partial charge in [0.2, 0.25) is 0 Å².